The summed E-state index contributed by atoms with van der Waals surface area (Å²) in [4.78, 5) is 26.7. The maximum Gasteiger partial charge on any atom is 0.298 e. The lowest BCUT2D eigenvalue weighted by Crippen LogP contribution is -2.27. The summed E-state index contributed by atoms with van der Waals surface area (Å²) in [5.74, 6) is 0.631. The first-order chi connectivity index (χ1) is 13.9. The molecule has 0 radical (unpaired) electrons. The molecule has 2 amide bonds. The number of hydrogen-bond acceptors (Lipinski definition) is 5. The molecular weight excluding hydrogens is 410 g/mol. The monoisotopic (exact) mass is 431 g/mol. The summed E-state index contributed by atoms with van der Waals surface area (Å²) in [6, 6.07) is 12.3. The van der Waals surface area contributed by atoms with Gasteiger partial charge in [-0.3, -0.25) is 9.59 Å². The van der Waals surface area contributed by atoms with E-state index in [0.29, 0.717) is 39.3 Å². The molecule has 1 saturated heterocycles. The predicted molar refractivity (Wildman–Crippen MR) is 118 cm³/mol. The molecule has 0 unspecified atom stereocenters. The first-order valence-electron chi connectivity index (χ1n) is 9.40. The van der Waals surface area contributed by atoms with Gasteiger partial charge in [-0.15, -0.1) is 0 Å². The Labute approximate surface area is 179 Å². The number of benzene rings is 2. The number of amides is 2. The van der Waals surface area contributed by atoms with Gasteiger partial charge in [0.25, 0.3) is 11.1 Å². The van der Waals surface area contributed by atoms with E-state index in [2.05, 4.69) is 0 Å². The number of hydrogen-bond donors (Lipinski definition) is 0. The number of para-hydroxylation sites is 1. The maximum absolute atomic E-state index is 12.8. The van der Waals surface area contributed by atoms with Crippen LogP contribution in [0.4, 0.5) is 10.5 Å². The zero-order valence-electron chi connectivity index (χ0n) is 16.5. The van der Waals surface area contributed by atoms with Crippen molar-refractivity contribution in [2.24, 2.45) is 0 Å². The van der Waals surface area contributed by atoms with Crippen molar-refractivity contribution in [3.05, 3.63) is 58.0 Å². The molecule has 29 heavy (non-hydrogen) atoms. The molecule has 2 aromatic carbocycles. The topological polar surface area (TPSA) is 55.8 Å². The standard InChI is InChI=1S/C22H22ClNO4S/c1-4-14(3)28-20-17(23)11-15(12-18(20)27-5-2)13-19-21(25)24(22(26)29-19)16-9-7-6-8-10-16/h6-14H,4-5H2,1-3H3/b19-13+/t14-/m1/s1. The Morgan fingerprint density at radius 1 is 1.17 bits per heavy atom. The predicted octanol–water partition coefficient (Wildman–Crippen LogP) is 6.16. The van der Waals surface area contributed by atoms with Crippen LogP contribution in [-0.2, 0) is 4.79 Å². The van der Waals surface area contributed by atoms with E-state index in [0.717, 1.165) is 18.2 Å². The number of imide groups is 1. The van der Waals surface area contributed by atoms with Crippen LogP contribution < -0.4 is 14.4 Å². The van der Waals surface area contributed by atoms with Crippen molar-refractivity contribution >= 4 is 46.3 Å². The molecule has 5 nitrogen and oxygen atoms in total. The van der Waals surface area contributed by atoms with Crippen LogP contribution in [0.2, 0.25) is 5.02 Å². The van der Waals surface area contributed by atoms with Crippen LogP contribution >= 0.6 is 23.4 Å². The van der Waals surface area contributed by atoms with Gasteiger partial charge < -0.3 is 9.47 Å². The normalized spacial score (nSPS) is 16.4. The first-order valence-corrected chi connectivity index (χ1v) is 10.6. The highest BCUT2D eigenvalue weighted by Gasteiger charge is 2.36. The molecule has 152 valence electrons. The second kappa shape index (κ2) is 9.37. The fourth-order valence-corrected chi connectivity index (χ4v) is 3.86. The van der Waals surface area contributed by atoms with Gasteiger partial charge in [-0.1, -0.05) is 36.7 Å². The molecule has 0 bridgehead atoms. The van der Waals surface area contributed by atoms with Crippen molar-refractivity contribution < 1.29 is 19.1 Å². The minimum Gasteiger partial charge on any atom is -0.490 e. The fraction of sp³-hybridized carbons (Fsp3) is 0.273. The van der Waals surface area contributed by atoms with E-state index in [1.54, 1.807) is 42.5 Å². The van der Waals surface area contributed by atoms with Gasteiger partial charge >= 0.3 is 0 Å². The van der Waals surface area contributed by atoms with Crippen molar-refractivity contribution in [2.45, 2.75) is 33.3 Å². The van der Waals surface area contributed by atoms with E-state index in [4.69, 9.17) is 21.1 Å². The highest BCUT2D eigenvalue weighted by atomic mass is 35.5. The second-order valence-electron chi connectivity index (χ2n) is 6.45. The van der Waals surface area contributed by atoms with Crippen LogP contribution in [0.1, 0.15) is 32.8 Å². The van der Waals surface area contributed by atoms with Gasteiger partial charge in [0.15, 0.2) is 11.5 Å². The minimum absolute atomic E-state index is 0.0140. The SMILES string of the molecule is CCOc1cc(/C=C2/SC(=O)N(c3ccccc3)C2=O)cc(Cl)c1O[C@H](C)CC. The zero-order valence-corrected chi connectivity index (χ0v) is 18.0. The summed E-state index contributed by atoms with van der Waals surface area (Å²) in [6.45, 7) is 6.30. The van der Waals surface area contributed by atoms with Crippen LogP contribution in [0, 0.1) is 0 Å². The average molecular weight is 432 g/mol. The highest BCUT2D eigenvalue weighted by Crippen LogP contribution is 2.40. The van der Waals surface area contributed by atoms with Crippen LogP contribution in [0.15, 0.2) is 47.4 Å². The number of carbonyl (C=O) groups is 2. The smallest absolute Gasteiger partial charge is 0.298 e. The Bertz CT molecular complexity index is 945. The third-order valence-electron chi connectivity index (χ3n) is 4.33. The Hall–Kier alpha value is -2.44. The number of carbonyl (C=O) groups excluding carboxylic acids is 2. The first kappa shape index (κ1) is 21.3. The van der Waals surface area contributed by atoms with E-state index in [9.17, 15) is 9.59 Å². The largest absolute Gasteiger partial charge is 0.490 e. The Morgan fingerprint density at radius 2 is 1.90 bits per heavy atom. The summed E-state index contributed by atoms with van der Waals surface area (Å²) in [5, 5.41) is 0.0603. The quantitative estimate of drug-likeness (QED) is 0.491. The van der Waals surface area contributed by atoms with Crippen LogP contribution in [-0.4, -0.2) is 23.9 Å². The van der Waals surface area contributed by atoms with Crippen LogP contribution in [0.3, 0.4) is 0 Å². The summed E-state index contributed by atoms with van der Waals surface area (Å²) in [6.07, 6.45) is 2.46. The molecule has 1 aliphatic heterocycles. The van der Waals surface area contributed by atoms with Crippen molar-refractivity contribution in [1.82, 2.24) is 0 Å². The van der Waals surface area contributed by atoms with Crippen molar-refractivity contribution in [1.29, 1.82) is 0 Å². The Balaban J connectivity index is 1.94. The fourth-order valence-electron chi connectivity index (χ4n) is 2.75. The summed E-state index contributed by atoms with van der Waals surface area (Å²) >= 11 is 7.34. The Morgan fingerprint density at radius 3 is 2.55 bits per heavy atom. The van der Waals surface area contributed by atoms with Gasteiger partial charge in [-0.25, -0.2) is 4.90 Å². The van der Waals surface area contributed by atoms with Crippen molar-refractivity contribution in [3.63, 3.8) is 0 Å². The molecular formula is C22H22ClNO4S. The number of rotatable bonds is 7. The second-order valence-corrected chi connectivity index (χ2v) is 7.85. The summed E-state index contributed by atoms with van der Waals surface area (Å²) < 4.78 is 11.6. The molecule has 2 aromatic rings. The van der Waals surface area contributed by atoms with Gasteiger partial charge in [0, 0.05) is 0 Å². The minimum atomic E-state index is -0.361. The molecule has 0 aromatic heterocycles. The lowest BCUT2D eigenvalue weighted by Gasteiger charge is -2.18. The van der Waals surface area contributed by atoms with Gasteiger partial charge in [0.1, 0.15) is 0 Å². The zero-order chi connectivity index (χ0) is 21.0. The van der Waals surface area contributed by atoms with E-state index in [1.165, 1.54) is 4.90 Å². The molecule has 3 rings (SSSR count). The molecule has 0 aliphatic carbocycles. The molecule has 0 saturated carbocycles. The molecule has 1 heterocycles. The van der Waals surface area contributed by atoms with Crippen molar-refractivity contribution in [2.75, 3.05) is 11.5 Å². The number of ether oxygens (including phenoxy) is 2. The average Bonchev–Trinajstić information content (AvgIpc) is 2.98. The highest BCUT2D eigenvalue weighted by molar-refractivity contribution is 8.19. The van der Waals surface area contributed by atoms with Gasteiger partial charge in [0.05, 0.1) is 28.3 Å². The third-order valence-corrected chi connectivity index (χ3v) is 5.48. The van der Waals surface area contributed by atoms with E-state index in [-0.39, 0.29) is 17.3 Å². The third kappa shape index (κ3) is 4.77. The Kier molecular flexibility index (Phi) is 6.87. The van der Waals surface area contributed by atoms with Gasteiger partial charge in [0.2, 0.25) is 0 Å². The molecule has 1 aliphatic rings. The number of halogens is 1. The van der Waals surface area contributed by atoms with E-state index < -0.39 is 0 Å². The van der Waals surface area contributed by atoms with Crippen LogP contribution in [0.5, 0.6) is 11.5 Å². The van der Waals surface area contributed by atoms with Gasteiger partial charge in [-0.2, -0.15) is 0 Å². The number of thioether (sulfide) groups is 1. The molecule has 0 spiro atoms. The lowest BCUT2D eigenvalue weighted by atomic mass is 10.1. The molecule has 7 heteroatoms. The maximum atomic E-state index is 12.8. The summed E-state index contributed by atoms with van der Waals surface area (Å²) in [5.41, 5.74) is 1.21. The molecule has 0 N–H and O–H groups in total. The molecule has 1 fully saturated rings. The van der Waals surface area contributed by atoms with E-state index in [1.807, 2.05) is 26.8 Å². The van der Waals surface area contributed by atoms with E-state index >= 15 is 0 Å². The number of anilines is 1. The lowest BCUT2D eigenvalue weighted by molar-refractivity contribution is -0.113. The molecule has 1 atom stereocenters. The van der Waals surface area contributed by atoms with Crippen molar-refractivity contribution in [3.8, 4) is 11.5 Å². The number of nitrogens with zero attached hydrogens (tertiary/aromatic N) is 1. The van der Waals surface area contributed by atoms with Gasteiger partial charge in [-0.05, 0) is 67.9 Å². The van der Waals surface area contributed by atoms with Crippen LogP contribution in [0.25, 0.3) is 6.08 Å². The summed E-state index contributed by atoms with van der Waals surface area (Å²) in [7, 11) is 0.